The monoisotopic (exact) mass is 301 g/mol. The maximum Gasteiger partial charge on any atom is 0.335 e. The Kier molecular flexibility index (Phi) is 4.10. The number of aromatic carboxylic acids is 1. The number of carboxylic acids is 1. The summed E-state index contributed by atoms with van der Waals surface area (Å²) < 4.78 is 36.6. The Morgan fingerprint density at radius 2 is 2.20 bits per heavy atom. The van der Waals surface area contributed by atoms with E-state index in [-0.39, 0.29) is 35.2 Å². The molecule has 1 saturated heterocycles. The SMILES string of the molecule is CN(Cc1cc(C(=O)O)ccc1F)C1CCS(=O)(=O)C1. The minimum Gasteiger partial charge on any atom is -0.478 e. The molecule has 0 aromatic heterocycles. The minimum atomic E-state index is -2.99. The second kappa shape index (κ2) is 5.49. The van der Waals surface area contributed by atoms with Crippen LogP contribution >= 0.6 is 0 Å². The van der Waals surface area contributed by atoms with Crippen LogP contribution in [0, 0.1) is 5.82 Å². The highest BCUT2D eigenvalue weighted by molar-refractivity contribution is 7.91. The maximum atomic E-state index is 13.7. The highest BCUT2D eigenvalue weighted by Crippen LogP contribution is 2.20. The summed E-state index contributed by atoms with van der Waals surface area (Å²) in [5, 5.41) is 8.90. The highest BCUT2D eigenvalue weighted by Gasteiger charge is 2.30. The fourth-order valence-electron chi connectivity index (χ4n) is 2.35. The van der Waals surface area contributed by atoms with Crippen molar-refractivity contribution in [2.75, 3.05) is 18.6 Å². The largest absolute Gasteiger partial charge is 0.478 e. The third kappa shape index (κ3) is 3.34. The molecule has 1 unspecified atom stereocenters. The molecule has 110 valence electrons. The summed E-state index contributed by atoms with van der Waals surface area (Å²) in [5.74, 6) is -1.37. The van der Waals surface area contributed by atoms with Gasteiger partial charge in [0.05, 0.1) is 17.1 Å². The van der Waals surface area contributed by atoms with E-state index < -0.39 is 21.6 Å². The zero-order valence-electron chi connectivity index (χ0n) is 11.0. The number of sulfone groups is 1. The highest BCUT2D eigenvalue weighted by atomic mass is 32.2. The quantitative estimate of drug-likeness (QED) is 0.903. The van der Waals surface area contributed by atoms with Crippen LogP contribution in [0.3, 0.4) is 0 Å². The molecular formula is C13H16FNO4S. The van der Waals surface area contributed by atoms with Crippen LogP contribution in [0.5, 0.6) is 0 Å². The molecule has 20 heavy (non-hydrogen) atoms. The van der Waals surface area contributed by atoms with E-state index in [1.165, 1.54) is 12.1 Å². The molecule has 1 aliphatic rings. The first-order valence-electron chi connectivity index (χ1n) is 6.21. The van der Waals surface area contributed by atoms with Gasteiger partial charge in [-0.3, -0.25) is 4.90 Å². The third-order valence-corrected chi connectivity index (χ3v) is 5.29. The molecule has 1 heterocycles. The Morgan fingerprint density at radius 3 is 2.75 bits per heavy atom. The average Bonchev–Trinajstić information content (AvgIpc) is 2.72. The van der Waals surface area contributed by atoms with Gasteiger partial charge in [0.15, 0.2) is 9.84 Å². The number of hydrogen-bond acceptors (Lipinski definition) is 4. The van der Waals surface area contributed by atoms with Gasteiger partial charge in [-0.15, -0.1) is 0 Å². The van der Waals surface area contributed by atoms with E-state index in [1.807, 2.05) is 0 Å². The Hall–Kier alpha value is -1.47. The van der Waals surface area contributed by atoms with Gasteiger partial charge in [0.25, 0.3) is 0 Å². The summed E-state index contributed by atoms with van der Waals surface area (Å²) in [6.45, 7) is 0.188. The summed E-state index contributed by atoms with van der Waals surface area (Å²) in [6, 6.07) is 3.48. The average molecular weight is 301 g/mol. The zero-order valence-corrected chi connectivity index (χ0v) is 11.9. The van der Waals surface area contributed by atoms with E-state index in [2.05, 4.69) is 0 Å². The molecule has 5 nitrogen and oxygen atoms in total. The third-order valence-electron chi connectivity index (χ3n) is 3.54. The van der Waals surface area contributed by atoms with Crippen molar-refractivity contribution in [2.24, 2.45) is 0 Å². The normalized spacial score (nSPS) is 21.2. The molecule has 1 aliphatic heterocycles. The summed E-state index contributed by atoms with van der Waals surface area (Å²) in [6.07, 6.45) is 0.527. The molecule has 1 aromatic carbocycles. The van der Waals surface area contributed by atoms with Crippen LogP contribution < -0.4 is 0 Å². The summed E-state index contributed by atoms with van der Waals surface area (Å²) in [5.41, 5.74) is 0.283. The van der Waals surface area contributed by atoms with Crippen molar-refractivity contribution < 1.29 is 22.7 Å². The van der Waals surface area contributed by atoms with E-state index in [4.69, 9.17) is 5.11 Å². The van der Waals surface area contributed by atoms with Gasteiger partial charge in [-0.25, -0.2) is 17.6 Å². The fraction of sp³-hybridized carbons (Fsp3) is 0.462. The molecule has 1 atom stereocenters. The van der Waals surface area contributed by atoms with Crippen molar-refractivity contribution in [3.05, 3.63) is 35.1 Å². The molecule has 0 saturated carbocycles. The molecule has 0 radical (unpaired) electrons. The van der Waals surface area contributed by atoms with Crippen molar-refractivity contribution in [2.45, 2.75) is 19.0 Å². The summed E-state index contributed by atoms with van der Waals surface area (Å²) in [7, 11) is -1.27. The topological polar surface area (TPSA) is 74.7 Å². The molecular weight excluding hydrogens is 285 g/mol. The van der Waals surface area contributed by atoms with E-state index in [0.29, 0.717) is 6.42 Å². The predicted molar refractivity (Wildman–Crippen MR) is 71.9 cm³/mol. The smallest absolute Gasteiger partial charge is 0.335 e. The number of rotatable bonds is 4. The van der Waals surface area contributed by atoms with Crippen LogP contribution in [0.1, 0.15) is 22.3 Å². The second-order valence-electron chi connectivity index (χ2n) is 5.08. The van der Waals surface area contributed by atoms with E-state index in [1.54, 1.807) is 11.9 Å². The van der Waals surface area contributed by atoms with Crippen LogP contribution in [0.2, 0.25) is 0 Å². The van der Waals surface area contributed by atoms with Crippen molar-refractivity contribution in [1.82, 2.24) is 4.90 Å². The molecule has 2 rings (SSSR count). The standard InChI is InChI=1S/C13H16FNO4S/c1-15(11-4-5-20(18,19)8-11)7-10-6-9(13(16)17)2-3-12(10)14/h2-3,6,11H,4-5,7-8H2,1H3,(H,16,17). The van der Waals surface area contributed by atoms with Crippen LogP contribution in [-0.4, -0.2) is 49.0 Å². The number of carbonyl (C=O) groups is 1. The number of hydrogen-bond donors (Lipinski definition) is 1. The lowest BCUT2D eigenvalue weighted by atomic mass is 10.1. The van der Waals surface area contributed by atoms with Crippen LogP contribution in [-0.2, 0) is 16.4 Å². The lowest BCUT2D eigenvalue weighted by molar-refractivity contribution is 0.0696. The van der Waals surface area contributed by atoms with Crippen molar-refractivity contribution >= 4 is 15.8 Å². The molecule has 0 spiro atoms. The molecule has 1 N–H and O–H groups in total. The minimum absolute atomic E-state index is 0.0221. The number of benzene rings is 1. The van der Waals surface area contributed by atoms with Crippen molar-refractivity contribution in [1.29, 1.82) is 0 Å². The number of carboxylic acid groups (broad SMARTS) is 1. The first-order valence-corrected chi connectivity index (χ1v) is 8.03. The van der Waals surface area contributed by atoms with Gasteiger partial charge in [-0.1, -0.05) is 0 Å². The van der Waals surface area contributed by atoms with E-state index >= 15 is 0 Å². The van der Waals surface area contributed by atoms with Gasteiger partial charge in [-0.2, -0.15) is 0 Å². The number of halogens is 1. The number of nitrogens with zero attached hydrogens (tertiary/aromatic N) is 1. The van der Waals surface area contributed by atoms with Gasteiger partial charge in [-0.05, 0) is 31.7 Å². The van der Waals surface area contributed by atoms with Crippen molar-refractivity contribution in [3.8, 4) is 0 Å². The first-order chi connectivity index (χ1) is 9.28. The lowest BCUT2D eigenvalue weighted by Gasteiger charge is -2.23. The van der Waals surface area contributed by atoms with Gasteiger partial charge >= 0.3 is 5.97 Å². The predicted octanol–water partition coefficient (Wildman–Crippen LogP) is 1.14. The molecule has 1 fully saturated rings. The van der Waals surface area contributed by atoms with E-state index in [0.717, 1.165) is 6.07 Å². The lowest BCUT2D eigenvalue weighted by Crippen LogP contribution is -2.32. The zero-order chi connectivity index (χ0) is 14.9. The Balaban J connectivity index is 2.13. The molecule has 1 aromatic rings. The molecule has 0 aliphatic carbocycles. The fourth-order valence-corrected chi connectivity index (χ4v) is 4.15. The van der Waals surface area contributed by atoms with Gasteiger partial charge in [0.2, 0.25) is 0 Å². The van der Waals surface area contributed by atoms with E-state index in [9.17, 15) is 17.6 Å². The summed E-state index contributed by atoms with van der Waals surface area (Å²) in [4.78, 5) is 12.6. The Bertz CT molecular complexity index is 629. The summed E-state index contributed by atoms with van der Waals surface area (Å²) >= 11 is 0. The van der Waals surface area contributed by atoms with Crippen LogP contribution in [0.4, 0.5) is 4.39 Å². The Morgan fingerprint density at radius 1 is 1.50 bits per heavy atom. The Labute approximate surface area is 116 Å². The van der Waals surface area contributed by atoms with Gasteiger partial charge in [0, 0.05) is 18.2 Å². The second-order valence-corrected chi connectivity index (χ2v) is 7.31. The molecule has 0 bridgehead atoms. The molecule has 0 amide bonds. The van der Waals surface area contributed by atoms with Crippen LogP contribution in [0.25, 0.3) is 0 Å². The van der Waals surface area contributed by atoms with Gasteiger partial charge < -0.3 is 5.11 Å². The maximum absolute atomic E-state index is 13.7. The first kappa shape index (κ1) is 14.9. The van der Waals surface area contributed by atoms with Crippen LogP contribution in [0.15, 0.2) is 18.2 Å². The van der Waals surface area contributed by atoms with Gasteiger partial charge in [0.1, 0.15) is 5.82 Å². The molecule has 7 heteroatoms. The van der Waals surface area contributed by atoms with Crippen molar-refractivity contribution in [3.63, 3.8) is 0 Å².